The fraction of sp³-hybridized carbons (Fsp3) is 0.583. The molecule has 5 nitrogen and oxygen atoms in total. The molecule has 0 saturated carbocycles. The fourth-order valence-electron chi connectivity index (χ4n) is 1.99. The third-order valence-corrected chi connectivity index (χ3v) is 4.36. The number of aromatic carboxylic acids is 1. The molecule has 0 bridgehead atoms. The van der Waals surface area contributed by atoms with Gasteiger partial charge in [-0.1, -0.05) is 6.42 Å². The van der Waals surface area contributed by atoms with E-state index in [0.29, 0.717) is 17.5 Å². The van der Waals surface area contributed by atoms with Gasteiger partial charge in [0.2, 0.25) is 0 Å². The Balaban J connectivity index is 1.84. The van der Waals surface area contributed by atoms with Crippen LogP contribution in [0.25, 0.3) is 0 Å². The Morgan fingerprint density at radius 2 is 2.44 bits per heavy atom. The molecule has 1 fully saturated rings. The van der Waals surface area contributed by atoms with E-state index >= 15 is 0 Å². The van der Waals surface area contributed by atoms with Gasteiger partial charge in [0, 0.05) is 24.5 Å². The van der Waals surface area contributed by atoms with Gasteiger partial charge in [-0.15, -0.1) is 0 Å². The van der Waals surface area contributed by atoms with Gasteiger partial charge in [-0.3, -0.25) is 0 Å². The molecule has 1 aromatic heterocycles. The smallest absolute Gasteiger partial charge is 0.339 e. The largest absolute Gasteiger partial charge is 0.478 e. The van der Waals surface area contributed by atoms with Crippen molar-refractivity contribution < 1.29 is 9.90 Å². The Morgan fingerprint density at radius 1 is 1.56 bits per heavy atom. The molecule has 0 aliphatic carbocycles. The van der Waals surface area contributed by atoms with E-state index in [1.807, 2.05) is 11.8 Å². The number of thioether (sulfide) groups is 1. The van der Waals surface area contributed by atoms with Crippen LogP contribution in [-0.2, 0) is 6.54 Å². The number of hydrogen-bond acceptors (Lipinski definition) is 5. The SMILES string of the molecule is O=C(O)c1cncnc1CNCC1CCCCS1. The lowest BCUT2D eigenvalue weighted by Gasteiger charge is -2.21. The molecule has 1 unspecified atom stereocenters. The molecule has 1 aliphatic heterocycles. The number of carboxylic acid groups (broad SMARTS) is 1. The van der Waals surface area contributed by atoms with Crippen molar-refractivity contribution in [2.24, 2.45) is 0 Å². The Morgan fingerprint density at radius 3 is 3.17 bits per heavy atom. The van der Waals surface area contributed by atoms with Gasteiger partial charge >= 0.3 is 5.97 Å². The molecule has 1 saturated heterocycles. The van der Waals surface area contributed by atoms with Crippen molar-refractivity contribution >= 4 is 17.7 Å². The fourth-order valence-corrected chi connectivity index (χ4v) is 3.27. The standard InChI is InChI=1S/C12H17N3O2S/c16-12(17)10-6-14-8-15-11(10)7-13-5-9-3-1-2-4-18-9/h6,8-9,13H,1-5,7H2,(H,16,17). The Bertz CT molecular complexity index is 408. The van der Waals surface area contributed by atoms with Crippen molar-refractivity contribution in [1.82, 2.24) is 15.3 Å². The number of nitrogens with zero attached hydrogens (tertiary/aromatic N) is 2. The van der Waals surface area contributed by atoms with Gasteiger partial charge in [0.15, 0.2) is 0 Å². The molecule has 6 heteroatoms. The summed E-state index contributed by atoms with van der Waals surface area (Å²) in [5, 5.41) is 12.9. The van der Waals surface area contributed by atoms with Crippen LogP contribution in [-0.4, -0.2) is 38.6 Å². The van der Waals surface area contributed by atoms with Crippen molar-refractivity contribution in [1.29, 1.82) is 0 Å². The van der Waals surface area contributed by atoms with Gasteiger partial charge in [0.25, 0.3) is 0 Å². The van der Waals surface area contributed by atoms with Crippen LogP contribution in [0.1, 0.15) is 35.3 Å². The first kappa shape index (κ1) is 13.3. The molecule has 98 valence electrons. The molecule has 1 atom stereocenters. The maximum Gasteiger partial charge on any atom is 0.339 e. The van der Waals surface area contributed by atoms with Gasteiger partial charge < -0.3 is 10.4 Å². The van der Waals surface area contributed by atoms with Crippen LogP contribution in [0, 0.1) is 0 Å². The lowest BCUT2D eigenvalue weighted by atomic mass is 10.2. The quantitative estimate of drug-likeness (QED) is 0.843. The first-order valence-corrected chi connectivity index (χ1v) is 7.16. The molecular weight excluding hydrogens is 250 g/mol. The number of rotatable bonds is 5. The Kier molecular flexibility index (Phi) is 4.95. The second-order valence-corrected chi connectivity index (χ2v) is 5.72. The normalized spacial score (nSPS) is 19.7. The molecule has 2 rings (SSSR count). The Hall–Kier alpha value is -1.14. The number of carboxylic acids is 1. The predicted molar refractivity (Wildman–Crippen MR) is 70.8 cm³/mol. The average molecular weight is 267 g/mol. The third-order valence-electron chi connectivity index (χ3n) is 2.96. The molecule has 1 aliphatic rings. The molecular formula is C12H17N3O2S. The van der Waals surface area contributed by atoms with Crippen LogP contribution < -0.4 is 5.32 Å². The molecule has 18 heavy (non-hydrogen) atoms. The van der Waals surface area contributed by atoms with Crippen molar-refractivity contribution in [3.63, 3.8) is 0 Å². The monoisotopic (exact) mass is 267 g/mol. The van der Waals surface area contributed by atoms with E-state index in [4.69, 9.17) is 5.11 Å². The third kappa shape index (κ3) is 3.68. The maximum atomic E-state index is 11.0. The summed E-state index contributed by atoms with van der Waals surface area (Å²) in [4.78, 5) is 18.7. The van der Waals surface area contributed by atoms with Crippen LogP contribution in [0.15, 0.2) is 12.5 Å². The van der Waals surface area contributed by atoms with Crippen molar-refractivity contribution in [2.45, 2.75) is 31.1 Å². The summed E-state index contributed by atoms with van der Waals surface area (Å²) < 4.78 is 0. The van der Waals surface area contributed by atoms with Gasteiger partial charge in [-0.2, -0.15) is 11.8 Å². The first-order valence-electron chi connectivity index (χ1n) is 6.12. The molecule has 0 aromatic carbocycles. The summed E-state index contributed by atoms with van der Waals surface area (Å²) in [6, 6.07) is 0. The highest BCUT2D eigenvalue weighted by Gasteiger charge is 2.15. The van der Waals surface area contributed by atoms with Crippen LogP contribution in [0.4, 0.5) is 0 Å². The zero-order chi connectivity index (χ0) is 12.8. The van der Waals surface area contributed by atoms with Crippen molar-refractivity contribution in [3.05, 3.63) is 23.8 Å². The number of aromatic nitrogens is 2. The molecule has 2 heterocycles. The van der Waals surface area contributed by atoms with Crippen LogP contribution in [0.3, 0.4) is 0 Å². The Labute approximate surface area is 110 Å². The van der Waals surface area contributed by atoms with Gasteiger partial charge in [0.1, 0.15) is 11.9 Å². The lowest BCUT2D eigenvalue weighted by molar-refractivity contribution is 0.0694. The van der Waals surface area contributed by atoms with Crippen LogP contribution >= 0.6 is 11.8 Å². The number of carbonyl (C=O) groups is 1. The van der Waals surface area contributed by atoms with E-state index in [-0.39, 0.29) is 5.56 Å². The van der Waals surface area contributed by atoms with Gasteiger partial charge in [-0.05, 0) is 18.6 Å². The average Bonchev–Trinajstić information content (AvgIpc) is 2.40. The van der Waals surface area contributed by atoms with E-state index < -0.39 is 5.97 Å². The van der Waals surface area contributed by atoms with E-state index in [0.717, 1.165) is 6.54 Å². The summed E-state index contributed by atoms with van der Waals surface area (Å²) in [7, 11) is 0. The zero-order valence-corrected chi connectivity index (χ0v) is 10.9. The highest BCUT2D eigenvalue weighted by molar-refractivity contribution is 7.99. The maximum absolute atomic E-state index is 11.0. The highest BCUT2D eigenvalue weighted by atomic mass is 32.2. The highest BCUT2D eigenvalue weighted by Crippen LogP contribution is 2.24. The summed E-state index contributed by atoms with van der Waals surface area (Å²) in [5.74, 6) is 0.264. The number of hydrogen-bond donors (Lipinski definition) is 2. The molecule has 2 N–H and O–H groups in total. The van der Waals surface area contributed by atoms with Crippen LogP contribution in [0.2, 0.25) is 0 Å². The zero-order valence-electron chi connectivity index (χ0n) is 10.1. The van der Waals surface area contributed by atoms with Crippen LogP contribution in [0.5, 0.6) is 0 Å². The molecule has 0 radical (unpaired) electrons. The topological polar surface area (TPSA) is 75.1 Å². The van der Waals surface area contributed by atoms with Crippen molar-refractivity contribution in [2.75, 3.05) is 12.3 Å². The first-order chi connectivity index (χ1) is 8.77. The molecule has 0 spiro atoms. The van der Waals surface area contributed by atoms with Gasteiger partial charge in [-0.25, -0.2) is 14.8 Å². The minimum Gasteiger partial charge on any atom is -0.478 e. The summed E-state index contributed by atoms with van der Waals surface area (Å²) >= 11 is 2.00. The summed E-state index contributed by atoms with van der Waals surface area (Å²) in [5.41, 5.74) is 0.736. The predicted octanol–water partition coefficient (Wildman–Crippen LogP) is 1.55. The lowest BCUT2D eigenvalue weighted by Crippen LogP contribution is -2.27. The van der Waals surface area contributed by atoms with E-state index in [1.165, 1.54) is 37.5 Å². The minimum atomic E-state index is -0.973. The summed E-state index contributed by atoms with van der Waals surface area (Å²) in [6.45, 7) is 1.40. The minimum absolute atomic E-state index is 0.182. The number of nitrogens with one attached hydrogen (secondary N) is 1. The van der Waals surface area contributed by atoms with Gasteiger partial charge in [0.05, 0.1) is 5.69 Å². The second-order valence-electron chi connectivity index (χ2n) is 4.31. The molecule has 0 amide bonds. The van der Waals surface area contributed by atoms with E-state index in [9.17, 15) is 4.79 Å². The second kappa shape index (κ2) is 6.70. The summed E-state index contributed by atoms with van der Waals surface area (Å²) in [6.07, 6.45) is 6.59. The molecule has 1 aromatic rings. The van der Waals surface area contributed by atoms with E-state index in [1.54, 1.807) is 0 Å². The van der Waals surface area contributed by atoms with E-state index in [2.05, 4.69) is 15.3 Å². The van der Waals surface area contributed by atoms with Crippen molar-refractivity contribution in [3.8, 4) is 0 Å².